The van der Waals surface area contributed by atoms with Crippen LogP contribution in [0, 0.1) is 11.3 Å². The molecule has 1 aliphatic heterocycles. The molecule has 0 radical (unpaired) electrons. The van der Waals surface area contributed by atoms with Gasteiger partial charge in [0.15, 0.2) is 0 Å². The number of aliphatic hydroxyl groups excluding tert-OH is 1. The van der Waals surface area contributed by atoms with Crippen molar-refractivity contribution < 1.29 is 24.2 Å². The highest BCUT2D eigenvalue weighted by Gasteiger charge is 2.47. The second kappa shape index (κ2) is 10.4. The zero-order valence-electron chi connectivity index (χ0n) is 22.1. The lowest BCUT2D eigenvalue weighted by Gasteiger charge is -2.26. The Morgan fingerprint density at radius 3 is 2.24 bits per heavy atom. The van der Waals surface area contributed by atoms with Gasteiger partial charge in [0.05, 0.1) is 37.0 Å². The number of carbonyl (C=O) groups is 2. The number of nitrogens with zero attached hydrogens (tertiary/aromatic N) is 2. The number of benzene rings is 3. The van der Waals surface area contributed by atoms with Gasteiger partial charge in [0.1, 0.15) is 17.3 Å². The van der Waals surface area contributed by atoms with E-state index in [1.165, 1.54) is 4.90 Å². The van der Waals surface area contributed by atoms with E-state index in [-0.39, 0.29) is 16.7 Å². The number of Topliss-reactive ketones (excluding diaryl/α,β-unsaturated/α-hetero) is 1. The Bertz CT molecular complexity index is 1440. The second-order valence-corrected chi connectivity index (χ2v) is 9.99. The molecule has 38 heavy (non-hydrogen) atoms. The first-order chi connectivity index (χ1) is 18.1. The van der Waals surface area contributed by atoms with E-state index < -0.39 is 17.7 Å². The van der Waals surface area contributed by atoms with Crippen molar-refractivity contribution in [2.45, 2.75) is 39.2 Å². The molecule has 1 N–H and O–H groups in total. The van der Waals surface area contributed by atoms with Gasteiger partial charge in [-0.2, -0.15) is 5.26 Å². The predicted molar refractivity (Wildman–Crippen MR) is 145 cm³/mol. The fourth-order valence-corrected chi connectivity index (χ4v) is 4.60. The normalized spacial score (nSPS) is 16.8. The lowest BCUT2D eigenvalue weighted by Crippen LogP contribution is -2.29. The van der Waals surface area contributed by atoms with E-state index in [2.05, 4.69) is 6.07 Å². The van der Waals surface area contributed by atoms with Crippen LogP contribution in [0.1, 0.15) is 56.0 Å². The number of ether oxygens (including phenoxy) is 2. The molecule has 194 valence electrons. The van der Waals surface area contributed by atoms with E-state index in [0.29, 0.717) is 40.5 Å². The van der Waals surface area contributed by atoms with Crippen LogP contribution >= 0.6 is 0 Å². The van der Waals surface area contributed by atoms with Gasteiger partial charge in [0.2, 0.25) is 0 Å². The number of aliphatic hydroxyl groups is 1. The fraction of sp³-hybridized carbons (Fsp3) is 0.258. The lowest BCUT2D eigenvalue weighted by atomic mass is 9.84. The van der Waals surface area contributed by atoms with Gasteiger partial charge in [-0.15, -0.1) is 0 Å². The predicted octanol–water partition coefficient (Wildman–Crippen LogP) is 5.89. The van der Waals surface area contributed by atoms with Crippen LogP contribution in [0.5, 0.6) is 11.5 Å². The largest absolute Gasteiger partial charge is 0.507 e. The lowest BCUT2D eigenvalue weighted by molar-refractivity contribution is -0.132. The minimum atomic E-state index is -0.890. The monoisotopic (exact) mass is 510 g/mol. The van der Waals surface area contributed by atoms with Crippen LogP contribution in [0.15, 0.2) is 72.3 Å². The highest BCUT2D eigenvalue weighted by Crippen LogP contribution is 2.43. The van der Waals surface area contributed by atoms with Crippen molar-refractivity contribution in [2.24, 2.45) is 0 Å². The van der Waals surface area contributed by atoms with Gasteiger partial charge in [-0.1, -0.05) is 32.9 Å². The third kappa shape index (κ3) is 4.85. The first-order valence-corrected chi connectivity index (χ1v) is 12.3. The summed E-state index contributed by atoms with van der Waals surface area (Å²) in [6.45, 7) is 8.50. The van der Waals surface area contributed by atoms with E-state index >= 15 is 0 Å². The summed E-state index contributed by atoms with van der Waals surface area (Å²) in [5.41, 5.74) is 2.44. The van der Waals surface area contributed by atoms with Gasteiger partial charge >= 0.3 is 0 Å². The minimum absolute atomic E-state index is 0.0199. The average Bonchev–Trinajstić information content (AvgIpc) is 3.18. The third-order valence-corrected chi connectivity index (χ3v) is 6.51. The number of anilines is 1. The van der Waals surface area contributed by atoms with E-state index in [4.69, 9.17) is 9.47 Å². The van der Waals surface area contributed by atoms with Gasteiger partial charge in [0, 0.05) is 16.8 Å². The summed E-state index contributed by atoms with van der Waals surface area (Å²) in [6.07, 6.45) is 0. The van der Waals surface area contributed by atoms with Crippen LogP contribution in [-0.2, 0) is 15.0 Å². The van der Waals surface area contributed by atoms with E-state index in [9.17, 15) is 20.0 Å². The Hall–Kier alpha value is -4.57. The molecule has 0 aliphatic carbocycles. The van der Waals surface area contributed by atoms with Gasteiger partial charge in [-0.05, 0) is 72.5 Å². The summed E-state index contributed by atoms with van der Waals surface area (Å²) >= 11 is 0. The van der Waals surface area contributed by atoms with Gasteiger partial charge in [-0.3, -0.25) is 14.5 Å². The van der Waals surface area contributed by atoms with Crippen LogP contribution < -0.4 is 14.4 Å². The molecule has 1 aliphatic rings. The Kier molecular flexibility index (Phi) is 7.27. The molecule has 1 amide bonds. The highest BCUT2D eigenvalue weighted by atomic mass is 16.5. The molecule has 7 heteroatoms. The number of hydrogen-bond acceptors (Lipinski definition) is 6. The van der Waals surface area contributed by atoms with Crippen LogP contribution in [0.3, 0.4) is 0 Å². The van der Waals surface area contributed by atoms with Crippen molar-refractivity contribution in [3.63, 3.8) is 0 Å². The molecule has 1 heterocycles. The number of methoxy groups -OCH3 is 1. The number of hydrogen-bond donors (Lipinski definition) is 1. The summed E-state index contributed by atoms with van der Waals surface area (Å²) in [5, 5.41) is 20.8. The molecule has 0 aromatic heterocycles. The van der Waals surface area contributed by atoms with E-state index in [1.54, 1.807) is 73.8 Å². The van der Waals surface area contributed by atoms with Gasteiger partial charge in [-0.25, -0.2) is 0 Å². The van der Waals surface area contributed by atoms with Crippen molar-refractivity contribution >= 4 is 23.1 Å². The summed E-state index contributed by atoms with van der Waals surface area (Å²) in [6, 6.07) is 19.8. The maximum Gasteiger partial charge on any atom is 0.300 e. The highest BCUT2D eigenvalue weighted by molar-refractivity contribution is 6.51. The molecular formula is C31H30N2O5. The van der Waals surface area contributed by atoms with Crippen molar-refractivity contribution in [1.82, 2.24) is 0 Å². The SMILES string of the molecule is CCOc1ccc(/C(O)=C2/C(=O)C(=O)N(c3ccc(C#N)cc3)C2c2ccc(OC)cc2)cc1C(C)(C)C. The fourth-order valence-electron chi connectivity index (χ4n) is 4.60. The zero-order valence-corrected chi connectivity index (χ0v) is 22.1. The standard InChI is InChI=1S/C31H30N2O5/c1-6-38-25-16-11-21(17-24(25)31(2,3)4)28(34)26-27(20-9-14-23(37-5)15-10-20)33(30(36)29(26)35)22-12-7-19(18-32)8-13-22/h7-17,27,34H,6H2,1-5H3/b28-26-. The number of ketones is 1. The molecule has 3 aromatic rings. The second-order valence-electron chi connectivity index (χ2n) is 9.99. The smallest absolute Gasteiger partial charge is 0.300 e. The van der Waals surface area contributed by atoms with Crippen LogP contribution in [0.4, 0.5) is 5.69 Å². The van der Waals surface area contributed by atoms with Crippen LogP contribution in [0.25, 0.3) is 5.76 Å². The van der Waals surface area contributed by atoms with E-state index in [1.807, 2.05) is 27.7 Å². The Morgan fingerprint density at radius 1 is 1.03 bits per heavy atom. The van der Waals surface area contributed by atoms with Crippen molar-refractivity contribution in [2.75, 3.05) is 18.6 Å². The van der Waals surface area contributed by atoms with Crippen LogP contribution in [-0.4, -0.2) is 30.5 Å². The van der Waals surface area contributed by atoms with Crippen molar-refractivity contribution in [1.29, 1.82) is 5.26 Å². The zero-order chi connectivity index (χ0) is 27.6. The Labute approximate surface area is 222 Å². The molecule has 0 saturated carbocycles. The number of amides is 1. The van der Waals surface area contributed by atoms with Crippen LogP contribution in [0.2, 0.25) is 0 Å². The molecule has 1 saturated heterocycles. The van der Waals surface area contributed by atoms with Gasteiger partial charge in [0.25, 0.3) is 11.7 Å². The maximum absolute atomic E-state index is 13.5. The van der Waals surface area contributed by atoms with Crippen molar-refractivity contribution in [3.05, 3.63) is 94.6 Å². The summed E-state index contributed by atoms with van der Waals surface area (Å²) in [5.74, 6) is -0.515. The topological polar surface area (TPSA) is 99.9 Å². The number of rotatable bonds is 6. The molecule has 1 unspecified atom stereocenters. The first-order valence-electron chi connectivity index (χ1n) is 12.3. The Balaban J connectivity index is 1.93. The molecule has 3 aromatic carbocycles. The molecule has 7 nitrogen and oxygen atoms in total. The average molecular weight is 511 g/mol. The molecule has 1 atom stereocenters. The maximum atomic E-state index is 13.5. The summed E-state index contributed by atoms with van der Waals surface area (Å²) < 4.78 is 11.1. The van der Waals surface area contributed by atoms with E-state index in [0.717, 1.165) is 5.56 Å². The summed E-state index contributed by atoms with van der Waals surface area (Å²) in [7, 11) is 1.55. The third-order valence-electron chi connectivity index (χ3n) is 6.51. The molecule has 0 bridgehead atoms. The number of nitriles is 1. The summed E-state index contributed by atoms with van der Waals surface area (Å²) in [4.78, 5) is 28.2. The molecular weight excluding hydrogens is 480 g/mol. The molecule has 4 rings (SSSR count). The minimum Gasteiger partial charge on any atom is -0.507 e. The Morgan fingerprint density at radius 2 is 1.68 bits per heavy atom. The molecule has 1 fully saturated rings. The molecule has 0 spiro atoms. The number of carbonyl (C=O) groups excluding carboxylic acids is 2. The quantitative estimate of drug-likeness (QED) is 0.252. The van der Waals surface area contributed by atoms with Gasteiger partial charge < -0.3 is 14.6 Å². The van der Waals surface area contributed by atoms with Crippen molar-refractivity contribution in [3.8, 4) is 17.6 Å². The first kappa shape index (κ1) is 26.5.